The van der Waals surface area contributed by atoms with Crippen LogP contribution < -0.4 is 5.73 Å². The van der Waals surface area contributed by atoms with Gasteiger partial charge in [0.25, 0.3) is 5.69 Å². The van der Waals surface area contributed by atoms with Crippen molar-refractivity contribution in [3.63, 3.8) is 0 Å². The highest BCUT2D eigenvalue weighted by atomic mass is 16.6. The van der Waals surface area contributed by atoms with Crippen molar-refractivity contribution in [1.82, 2.24) is 0 Å². The second-order valence-electron chi connectivity index (χ2n) is 4.64. The summed E-state index contributed by atoms with van der Waals surface area (Å²) in [5.74, 6) is 0. The Hall–Kier alpha value is -1.58. The minimum atomic E-state index is -0.201. The van der Waals surface area contributed by atoms with Gasteiger partial charge in [0.2, 0.25) is 0 Å². The summed E-state index contributed by atoms with van der Waals surface area (Å²) < 4.78 is 0. The molecule has 16 heavy (non-hydrogen) atoms. The van der Waals surface area contributed by atoms with E-state index in [9.17, 15) is 10.1 Å². The number of anilines is 1. The van der Waals surface area contributed by atoms with Crippen LogP contribution in [0.15, 0.2) is 0 Å². The number of hydrogen-bond acceptors (Lipinski definition) is 3. The summed E-state index contributed by atoms with van der Waals surface area (Å²) in [6, 6.07) is 0. The van der Waals surface area contributed by atoms with Gasteiger partial charge in [0.15, 0.2) is 0 Å². The first-order valence-corrected chi connectivity index (χ1v) is 5.79. The second-order valence-corrected chi connectivity index (χ2v) is 4.64. The number of nitrogen functional groups attached to an aromatic ring is 1. The quantitative estimate of drug-likeness (QED) is 0.446. The third-order valence-electron chi connectivity index (χ3n) is 3.84. The molecule has 0 unspecified atom stereocenters. The molecule has 2 N–H and O–H groups in total. The number of nitrogens with two attached hydrogens (primary N) is 1. The maximum atomic E-state index is 11.2. The zero-order valence-corrected chi connectivity index (χ0v) is 9.08. The second kappa shape index (κ2) is 3.20. The Balaban J connectivity index is 2.36. The molecule has 0 fully saturated rings. The molecule has 0 bridgehead atoms. The van der Waals surface area contributed by atoms with Gasteiger partial charge in [-0.3, -0.25) is 10.1 Å². The fraction of sp³-hybridized carbons (Fsp3) is 0.500. The van der Waals surface area contributed by atoms with Crippen molar-refractivity contribution in [3.05, 3.63) is 32.4 Å². The number of nitro groups is 1. The van der Waals surface area contributed by atoms with Crippen LogP contribution in [-0.2, 0) is 25.7 Å². The van der Waals surface area contributed by atoms with E-state index in [1.54, 1.807) is 0 Å². The summed E-state index contributed by atoms with van der Waals surface area (Å²) in [4.78, 5) is 11.0. The minimum Gasteiger partial charge on any atom is -0.398 e. The summed E-state index contributed by atoms with van der Waals surface area (Å²) >= 11 is 0. The minimum absolute atomic E-state index is 0.201. The molecule has 0 heterocycles. The standard InChI is InChI=1S/C12H14N2O2/c13-11-7-3-1-5-9(7)12(14(15)16)10-6-2-4-8(10)11/h1-6,13H2. The average Bonchev–Trinajstić information content (AvgIpc) is 2.84. The van der Waals surface area contributed by atoms with Gasteiger partial charge in [0, 0.05) is 16.8 Å². The number of hydrogen-bond donors (Lipinski definition) is 1. The van der Waals surface area contributed by atoms with Gasteiger partial charge >= 0.3 is 0 Å². The van der Waals surface area contributed by atoms with Crippen LogP contribution in [0, 0.1) is 10.1 Å². The van der Waals surface area contributed by atoms with Crippen molar-refractivity contribution in [3.8, 4) is 0 Å². The molecular formula is C12H14N2O2. The zero-order valence-electron chi connectivity index (χ0n) is 9.08. The van der Waals surface area contributed by atoms with E-state index in [-0.39, 0.29) is 4.92 Å². The maximum Gasteiger partial charge on any atom is 0.276 e. The monoisotopic (exact) mass is 218 g/mol. The van der Waals surface area contributed by atoms with Crippen molar-refractivity contribution >= 4 is 11.4 Å². The SMILES string of the molecule is Nc1c2c(c([N+](=O)[O-])c3c1CCC3)CCC2. The fourth-order valence-corrected chi connectivity index (χ4v) is 3.19. The van der Waals surface area contributed by atoms with Gasteiger partial charge < -0.3 is 5.73 Å². The lowest BCUT2D eigenvalue weighted by Crippen LogP contribution is -2.05. The van der Waals surface area contributed by atoms with E-state index in [4.69, 9.17) is 5.73 Å². The molecule has 0 aliphatic heterocycles. The van der Waals surface area contributed by atoms with Crippen LogP contribution in [0.5, 0.6) is 0 Å². The van der Waals surface area contributed by atoms with Crippen LogP contribution in [-0.4, -0.2) is 4.92 Å². The van der Waals surface area contributed by atoms with E-state index in [1.807, 2.05) is 0 Å². The number of fused-ring (bicyclic) bond motifs is 2. The molecule has 0 aromatic heterocycles. The lowest BCUT2D eigenvalue weighted by atomic mass is 9.96. The van der Waals surface area contributed by atoms with E-state index in [0.717, 1.165) is 66.5 Å². The van der Waals surface area contributed by atoms with Gasteiger partial charge in [-0.25, -0.2) is 0 Å². The van der Waals surface area contributed by atoms with Crippen molar-refractivity contribution in [2.24, 2.45) is 0 Å². The number of benzene rings is 1. The van der Waals surface area contributed by atoms with Crippen molar-refractivity contribution in [2.45, 2.75) is 38.5 Å². The van der Waals surface area contributed by atoms with Gasteiger partial charge in [-0.2, -0.15) is 0 Å². The first kappa shape index (κ1) is 9.63. The summed E-state index contributed by atoms with van der Waals surface area (Å²) in [7, 11) is 0. The lowest BCUT2D eigenvalue weighted by molar-refractivity contribution is -0.386. The highest BCUT2D eigenvalue weighted by molar-refractivity contribution is 5.71. The van der Waals surface area contributed by atoms with Crippen LogP contribution in [0.4, 0.5) is 11.4 Å². The molecule has 0 spiro atoms. The Labute approximate surface area is 93.6 Å². The summed E-state index contributed by atoms with van der Waals surface area (Å²) in [6.07, 6.45) is 5.48. The Kier molecular flexibility index (Phi) is 1.93. The third kappa shape index (κ3) is 1.10. The van der Waals surface area contributed by atoms with Crippen LogP contribution in [0.2, 0.25) is 0 Å². The van der Waals surface area contributed by atoms with Gasteiger partial charge in [0.05, 0.1) is 4.92 Å². The smallest absolute Gasteiger partial charge is 0.276 e. The van der Waals surface area contributed by atoms with E-state index in [2.05, 4.69) is 0 Å². The molecule has 0 atom stereocenters. The Morgan fingerprint density at radius 1 is 0.938 bits per heavy atom. The van der Waals surface area contributed by atoms with Gasteiger partial charge in [-0.05, 0) is 49.7 Å². The number of nitro benzene ring substituents is 1. The van der Waals surface area contributed by atoms with Crippen molar-refractivity contribution in [1.29, 1.82) is 0 Å². The third-order valence-corrected chi connectivity index (χ3v) is 3.84. The zero-order chi connectivity index (χ0) is 11.3. The molecule has 4 heteroatoms. The van der Waals surface area contributed by atoms with Gasteiger partial charge in [-0.15, -0.1) is 0 Å². The molecule has 4 nitrogen and oxygen atoms in total. The molecule has 3 rings (SSSR count). The van der Waals surface area contributed by atoms with Crippen LogP contribution >= 0.6 is 0 Å². The predicted molar refractivity (Wildman–Crippen MR) is 61.6 cm³/mol. The molecule has 0 amide bonds. The average molecular weight is 218 g/mol. The van der Waals surface area contributed by atoms with E-state index in [1.165, 1.54) is 0 Å². The molecular weight excluding hydrogens is 204 g/mol. The number of nitrogens with zero attached hydrogens (tertiary/aromatic N) is 1. The largest absolute Gasteiger partial charge is 0.398 e. The molecule has 84 valence electrons. The predicted octanol–water partition coefficient (Wildman–Crippen LogP) is 2.15. The highest BCUT2D eigenvalue weighted by Gasteiger charge is 2.33. The normalized spacial score (nSPS) is 17.2. The van der Waals surface area contributed by atoms with Crippen molar-refractivity contribution in [2.75, 3.05) is 5.73 Å². The molecule has 1 aromatic rings. The molecule has 1 aromatic carbocycles. The summed E-state index contributed by atoms with van der Waals surface area (Å²) in [5.41, 5.74) is 11.3. The Morgan fingerprint density at radius 2 is 1.38 bits per heavy atom. The number of rotatable bonds is 1. The molecule has 0 saturated carbocycles. The van der Waals surface area contributed by atoms with Crippen LogP contribution in [0.1, 0.15) is 35.1 Å². The van der Waals surface area contributed by atoms with E-state index >= 15 is 0 Å². The van der Waals surface area contributed by atoms with E-state index in [0.29, 0.717) is 5.69 Å². The van der Waals surface area contributed by atoms with Gasteiger partial charge in [0.1, 0.15) is 0 Å². The van der Waals surface area contributed by atoms with Crippen molar-refractivity contribution < 1.29 is 4.92 Å². The molecule has 0 saturated heterocycles. The molecule has 0 radical (unpaired) electrons. The lowest BCUT2D eigenvalue weighted by Gasteiger charge is -2.11. The Morgan fingerprint density at radius 3 is 1.81 bits per heavy atom. The molecule has 2 aliphatic rings. The topological polar surface area (TPSA) is 69.2 Å². The van der Waals surface area contributed by atoms with Gasteiger partial charge in [-0.1, -0.05) is 0 Å². The maximum absolute atomic E-state index is 11.2. The van der Waals surface area contributed by atoms with Crippen LogP contribution in [0.25, 0.3) is 0 Å². The highest BCUT2D eigenvalue weighted by Crippen LogP contribution is 2.43. The first-order valence-electron chi connectivity index (χ1n) is 5.79. The fourth-order valence-electron chi connectivity index (χ4n) is 3.19. The summed E-state index contributed by atoms with van der Waals surface area (Å²) in [6.45, 7) is 0. The van der Waals surface area contributed by atoms with Crippen LogP contribution in [0.3, 0.4) is 0 Å². The molecule has 2 aliphatic carbocycles. The van der Waals surface area contributed by atoms with E-state index < -0.39 is 0 Å². The Bertz CT molecular complexity index is 459. The summed E-state index contributed by atoms with van der Waals surface area (Å²) in [5, 5.41) is 11.2. The first-order chi connectivity index (χ1) is 7.70.